The normalized spacial score (nSPS) is 29.0. The third-order valence-electron chi connectivity index (χ3n) is 5.49. The smallest absolute Gasteiger partial charge is 0.154 e. The topological polar surface area (TPSA) is 29.1 Å². The Balaban J connectivity index is 1.61. The molecule has 2 heteroatoms. The van der Waals surface area contributed by atoms with Crippen molar-refractivity contribution in [3.8, 4) is 0 Å². The Labute approximate surface area is 128 Å². The summed E-state index contributed by atoms with van der Waals surface area (Å²) >= 11 is 0. The van der Waals surface area contributed by atoms with Crippen molar-refractivity contribution in [3.05, 3.63) is 34.9 Å². The Kier molecular flexibility index (Phi) is 4.44. The van der Waals surface area contributed by atoms with Crippen LogP contribution in [0.15, 0.2) is 18.2 Å². The van der Waals surface area contributed by atoms with Gasteiger partial charge in [0.25, 0.3) is 0 Å². The lowest BCUT2D eigenvalue weighted by Gasteiger charge is -2.40. The van der Waals surface area contributed by atoms with Gasteiger partial charge in [0.05, 0.1) is 6.04 Å². The Morgan fingerprint density at radius 3 is 2.71 bits per heavy atom. The molecule has 1 aromatic rings. The van der Waals surface area contributed by atoms with Crippen molar-refractivity contribution < 1.29 is 4.79 Å². The Morgan fingerprint density at radius 2 is 1.90 bits per heavy atom. The van der Waals surface area contributed by atoms with Crippen molar-refractivity contribution in [2.75, 3.05) is 0 Å². The second kappa shape index (κ2) is 6.31. The van der Waals surface area contributed by atoms with Crippen LogP contribution < -0.4 is 5.32 Å². The van der Waals surface area contributed by atoms with Crippen molar-refractivity contribution in [3.63, 3.8) is 0 Å². The van der Waals surface area contributed by atoms with Crippen molar-refractivity contribution >= 4 is 5.78 Å². The Hall–Kier alpha value is -1.15. The van der Waals surface area contributed by atoms with Crippen molar-refractivity contribution in [2.24, 2.45) is 5.92 Å². The highest BCUT2D eigenvalue weighted by Crippen LogP contribution is 2.32. The minimum absolute atomic E-state index is 0.0889. The van der Waals surface area contributed by atoms with Crippen LogP contribution in [0.4, 0.5) is 0 Å². The third-order valence-corrected chi connectivity index (χ3v) is 5.49. The number of nitrogens with one attached hydrogen (secondary N) is 1. The summed E-state index contributed by atoms with van der Waals surface area (Å²) in [5.74, 6) is 1.20. The van der Waals surface area contributed by atoms with Crippen LogP contribution >= 0.6 is 0 Å². The summed E-state index contributed by atoms with van der Waals surface area (Å²) < 4.78 is 0. The van der Waals surface area contributed by atoms with Crippen LogP contribution in [0, 0.1) is 19.8 Å². The molecule has 3 rings (SSSR count). The molecule has 1 N–H and O–H groups in total. The van der Waals surface area contributed by atoms with Gasteiger partial charge in [-0.3, -0.25) is 4.79 Å². The number of Topliss-reactive ketones (excluding diaryl/α,β-unsaturated/α-hetero) is 1. The van der Waals surface area contributed by atoms with E-state index in [1.807, 2.05) is 0 Å². The van der Waals surface area contributed by atoms with Gasteiger partial charge in [-0.2, -0.15) is 0 Å². The zero-order valence-corrected chi connectivity index (χ0v) is 13.3. The summed E-state index contributed by atoms with van der Waals surface area (Å²) in [6, 6.07) is 7.09. The van der Waals surface area contributed by atoms with Crippen LogP contribution in [0.1, 0.15) is 55.2 Å². The lowest BCUT2D eigenvalue weighted by molar-refractivity contribution is -0.121. The molecule has 1 saturated heterocycles. The average molecular weight is 285 g/mol. The van der Waals surface area contributed by atoms with Crippen LogP contribution in [0.5, 0.6) is 0 Å². The molecular weight excluding hydrogens is 258 g/mol. The SMILES string of the molecule is Cc1ccc(CC(=O)C2CCC3CCCCC3N2)cc1C. The zero-order valence-electron chi connectivity index (χ0n) is 13.3. The average Bonchev–Trinajstić information content (AvgIpc) is 2.50. The molecule has 1 heterocycles. The largest absolute Gasteiger partial charge is 0.304 e. The number of carbonyl (C=O) groups excluding carboxylic acids is 1. The maximum Gasteiger partial charge on any atom is 0.154 e. The number of carbonyl (C=O) groups is 1. The van der Waals surface area contributed by atoms with Crippen molar-refractivity contribution in [1.29, 1.82) is 0 Å². The molecule has 21 heavy (non-hydrogen) atoms. The number of fused-ring (bicyclic) bond motifs is 1. The standard InChI is InChI=1S/C19H27NO/c1-13-7-8-15(11-14(13)2)12-19(21)18-10-9-16-5-3-4-6-17(16)20-18/h7-8,11,16-18,20H,3-6,9-10,12H2,1-2H3. The molecular formula is C19H27NO. The highest BCUT2D eigenvalue weighted by molar-refractivity contribution is 5.86. The summed E-state index contributed by atoms with van der Waals surface area (Å²) in [7, 11) is 0. The first-order valence-electron chi connectivity index (χ1n) is 8.48. The number of rotatable bonds is 3. The summed E-state index contributed by atoms with van der Waals surface area (Å²) in [4.78, 5) is 12.6. The first-order chi connectivity index (χ1) is 10.1. The predicted octanol–water partition coefficient (Wildman–Crippen LogP) is 3.73. The number of hydrogen-bond acceptors (Lipinski definition) is 2. The molecule has 0 bridgehead atoms. The van der Waals surface area contributed by atoms with E-state index in [2.05, 4.69) is 37.4 Å². The molecule has 2 aliphatic rings. The number of hydrogen-bond donors (Lipinski definition) is 1. The molecule has 0 amide bonds. The van der Waals surface area contributed by atoms with Gasteiger partial charge in [-0.25, -0.2) is 0 Å². The van der Waals surface area contributed by atoms with E-state index in [1.165, 1.54) is 43.2 Å². The maximum absolute atomic E-state index is 12.6. The fourth-order valence-corrected chi connectivity index (χ4v) is 3.99. The quantitative estimate of drug-likeness (QED) is 0.917. The van der Waals surface area contributed by atoms with Gasteiger partial charge < -0.3 is 5.32 Å². The first-order valence-corrected chi connectivity index (χ1v) is 8.48. The molecule has 0 spiro atoms. The van der Waals surface area contributed by atoms with E-state index in [0.29, 0.717) is 18.2 Å². The minimum atomic E-state index is 0.0889. The molecule has 2 nitrogen and oxygen atoms in total. The van der Waals surface area contributed by atoms with Gasteiger partial charge in [0.2, 0.25) is 0 Å². The van der Waals surface area contributed by atoms with Gasteiger partial charge in [0.1, 0.15) is 0 Å². The van der Waals surface area contributed by atoms with E-state index in [1.54, 1.807) is 0 Å². The molecule has 0 radical (unpaired) electrons. The maximum atomic E-state index is 12.6. The fraction of sp³-hybridized carbons (Fsp3) is 0.632. The molecule has 114 valence electrons. The predicted molar refractivity (Wildman–Crippen MR) is 86.5 cm³/mol. The molecule has 1 aliphatic heterocycles. The van der Waals surface area contributed by atoms with Crippen LogP contribution in [0.2, 0.25) is 0 Å². The number of piperidine rings is 1. The summed E-state index contributed by atoms with van der Waals surface area (Å²) in [5.41, 5.74) is 3.74. The van der Waals surface area contributed by atoms with Gasteiger partial charge in [0.15, 0.2) is 5.78 Å². The van der Waals surface area contributed by atoms with E-state index in [-0.39, 0.29) is 6.04 Å². The Bertz CT molecular complexity index is 522. The minimum Gasteiger partial charge on any atom is -0.304 e. The van der Waals surface area contributed by atoms with Crippen LogP contribution in [0.3, 0.4) is 0 Å². The summed E-state index contributed by atoms with van der Waals surface area (Å²) in [6.45, 7) is 4.24. The lowest BCUT2D eigenvalue weighted by atomic mass is 9.77. The van der Waals surface area contributed by atoms with Crippen LogP contribution in [-0.2, 0) is 11.2 Å². The van der Waals surface area contributed by atoms with Gasteiger partial charge in [-0.1, -0.05) is 31.0 Å². The van der Waals surface area contributed by atoms with Gasteiger partial charge >= 0.3 is 0 Å². The van der Waals surface area contributed by atoms with Gasteiger partial charge in [0, 0.05) is 12.5 Å². The molecule has 1 saturated carbocycles. The third kappa shape index (κ3) is 3.37. The highest BCUT2D eigenvalue weighted by Gasteiger charge is 2.34. The molecule has 0 aromatic heterocycles. The number of aryl methyl sites for hydroxylation is 2. The van der Waals surface area contributed by atoms with E-state index in [0.717, 1.165) is 17.9 Å². The molecule has 3 atom stereocenters. The van der Waals surface area contributed by atoms with Gasteiger partial charge in [-0.05, 0) is 62.1 Å². The van der Waals surface area contributed by atoms with Crippen molar-refractivity contribution in [2.45, 2.75) is 70.9 Å². The summed E-state index contributed by atoms with van der Waals surface area (Å²) in [6.07, 6.45) is 8.17. The second-order valence-electron chi connectivity index (χ2n) is 7.01. The first kappa shape index (κ1) is 14.8. The molecule has 1 aliphatic carbocycles. The van der Waals surface area contributed by atoms with Crippen LogP contribution in [-0.4, -0.2) is 17.9 Å². The van der Waals surface area contributed by atoms with Crippen LogP contribution in [0.25, 0.3) is 0 Å². The fourth-order valence-electron chi connectivity index (χ4n) is 3.99. The van der Waals surface area contributed by atoms with Gasteiger partial charge in [-0.15, -0.1) is 0 Å². The van der Waals surface area contributed by atoms with E-state index < -0.39 is 0 Å². The second-order valence-corrected chi connectivity index (χ2v) is 7.01. The molecule has 3 unspecified atom stereocenters. The highest BCUT2D eigenvalue weighted by atomic mass is 16.1. The zero-order chi connectivity index (χ0) is 14.8. The lowest BCUT2D eigenvalue weighted by Crippen LogP contribution is -2.52. The van der Waals surface area contributed by atoms with E-state index in [9.17, 15) is 4.79 Å². The van der Waals surface area contributed by atoms with Crippen molar-refractivity contribution in [1.82, 2.24) is 5.32 Å². The monoisotopic (exact) mass is 285 g/mol. The van der Waals surface area contributed by atoms with E-state index >= 15 is 0 Å². The number of ketones is 1. The molecule has 1 aromatic carbocycles. The summed E-state index contributed by atoms with van der Waals surface area (Å²) in [5, 5.41) is 3.65. The number of benzene rings is 1. The van der Waals surface area contributed by atoms with E-state index in [4.69, 9.17) is 0 Å². The molecule has 2 fully saturated rings. The Morgan fingerprint density at radius 1 is 1.10 bits per heavy atom.